The summed E-state index contributed by atoms with van der Waals surface area (Å²) in [6.45, 7) is 2.61. The van der Waals surface area contributed by atoms with E-state index in [0.717, 1.165) is 32.9 Å². The number of halogens is 2. The van der Waals surface area contributed by atoms with Gasteiger partial charge < -0.3 is 5.32 Å². The van der Waals surface area contributed by atoms with Crippen LogP contribution in [0.25, 0.3) is 11.0 Å². The molecular weight excluding hydrogens is 313 g/mol. The monoisotopic (exact) mass is 323 g/mol. The molecule has 1 aromatic heterocycles. The van der Waals surface area contributed by atoms with E-state index in [1.54, 1.807) is 0 Å². The van der Waals surface area contributed by atoms with Gasteiger partial charge in [0.1, 0.15) is 11.0 Å². The van der Waals surface area contributed by atoms with Crippen LogP contribution >= 0.6 is 34.9 Å². The second kappa shape index (κ2) is 5.56. The highest BCUT2D eigenvalue weighted by molar-refractivity contribution is 7.00. The third-order valence-electron chi connectivity index (χ3n) is 3.04. The predicted octanol–water partition coefficient (Wildman–Crippen LogP) is 4.92. The van der Waals surface area contributed by atoms with Gasteiger partial charge in [-0.15, -0.1) is 0 Å². The molecule has 0 unspecified atom stereocenters. The Kier molecular flexibility index (Phi) is 3.78. The lowest BCUT2D eigenvalue weighted by atomic mass is 10.1. The molecule has 20 heavy (non-hydrogen) atoms. The van der Waals surface area contributed by atoms with Gasteiger partial charge in [-0.1, -0.05) is 35.3 Å². The summed E-state index contributed by atoms with van der Waals surface area (Å²) < 4.78 is 8.49. The van der Waals surface area contributed by atoms with E-state index in [1.165, 1.54) is 11.7 Å². The van der Waals surface area contributed by atoms with Crippen molar-refractivity contribution in [3.8, 4) is 0 Å². The third kappa shape index (κ3) is 2.59. The fourth-order valence-corrected chi connectivity index (χ4v) is 3.04. The molecule has 0 atom stereocenters. The molecule has 1 N–H and O–H groups in total. The molecule has 0 aliphatic carbocycles. The van der Waals surface area contributed by atoms with E-state index in [-0.39, 0.29) is 0 Å². The van der Waals surface area contributed by atoms with Crippen LogP contribution in [0.4, 0.5) is 5.69 Å². The van der Waals surface area contributed by atoms with Crippen LogP contribution in [0.1, 0.15) is 11.1 Å². The van der Waals surface area contributed by atoms with Gasteiger partial charge in [0, 0.05) is 11.6 Å². The van der Waals surface area contributed by atoms with Crippen LogP contribution in [0.5, 0.6) is 0 Å². The predicted molar refractivity (Wildman–Crippen MR) is 85.9 cm³/mol. The molecule has 0 aliphatic heterocycles. The van der Waals surface area contributed by atoms with Gasteiger partial charge in [0.2, 0.25) is 0 Å². The molecule has 102 valence electrons. The van der Waals surface area contributed by atoms with Crippen LogP contribution in [0, 0.1) is 6.92 Å². The number of anilines is 1. The van der Waals surface area contributed by atoms with Crippen LogP contribution in [0.3, 0.4) is 0 Å². The normalized spacial score (nSPS) is 10.9. The fraction of sp³-hybridized carbons (Fsp3) is 0.143. The molecule has 1 heterocycles. The van der Waals surface area contributed by atoms with Crippen molar-refractivity contribution in [3.63, 3.8) is 0 Å². The van der Waals surface area contributed by atoms with E-state index >= 15 is 0 Å². The zero-order valence-electron chi connectivity index (χ0n) is 10.7. The maximum Gasteiger partial charge on any atom is 0.129 e. The zero-order valence-corrected chi connectivity index (χ0v) is 13.0. The van der Waals surface area contributed by atoms with E-state index in [2.05, 4.69) is 14.1 Å². The number of nitrogens with zero attached hydrogens (tertiary/aromatic N) is 2. The Bertz CT molecular complexity index is 770. The van der Waals surface area contributed by atoms with Crippen molar-refractivity contribution in [1.82, 2.24) is 8.75 Å². The van der Waals surface area contributed by atoms with E-state index in [4.69, 9.17) is 23.2 Å². The zero-order chi connectivity index (χ0) is 14.1. The molecule has 0 fully saturated rings. The number of rotatable bonds is 3. The lowest BCUT2D eigenvalue weighted by molar-refractivity contribution is 1.15. The summed E-state index contributed by atoms with van der Waals surface area (Å²) in [5.74, 6) is 0. The number of aryl methyl sites for hydroxylation is 1. The Labute approximate surface area is 130 Å². The fourth-order valence-electron chi connectivity index (χ4n) is 1.97. The van der Waals surface area contributed by atoms with Gasteiger partial charge in [-0.25, -0.2) is 0 Å². The summed E-state index contributed by atoms with van der Waals surface area (Å²) >= 11 is 13.6. The number of hydrogen-bond donors (Lipinski definition) is 1. The Hall–Kier alpha value is -1.36. The van der Waals surface area contributed by atoms with Gasteiger partial charge in [0.15, 0.2) is 0 Å². The first-order valence-corrected chi connectivity index (χ1v) is 7.53. The van der Waals surface area contributed by atoms with Gasteiger partial charge in [-0.2, -0.15) is 8.75 Å². The minimum atomic E-state index is 0.593. The average Bonchev–Trinajstić information content (AvgIpc) is 2.88. The number of fused-ring (bicyclic) bond motifs is 1. The summed E-state index contributed by atoms with van der Waals surface area (Å²) in [6.07, 6.45) is 0. The first kappa shape index (κ1) is 13.6. The molecule has 0 amide bonds. The molecule has 6 heteroatoms. The minimum absolute atomic E-state index is 0.593. The van der Waals surface area contributed by atoms with E-state index in [0.29, 0.717) is 11.6 Å². The molecule has 0 radical (unpaired) electrons. The van der Waals surface area contributed by atoms with Gasteiger partial charge in [0.05, 0.1) is 22.4 Å². The van der Waals surface area contributed by atoms with Gasteiger partial charge in [-0.3, -0.25) is 0 Å². The maximum atomic E-state index is 6.23. The Balaban J connectivity index is 1.90. The number of benzene rings is 2. The summed E-state index contributed by atoms with van der Waals surface area (Å²) in [6, 6.07) is 9.69. The van der Waals surface area contributed by atoms with Crippen molar-refractivity contribution in [2.75, 3.05) is 5.32 Å². The Morgan fingerprint density at radius 2 is 1.95 bits per heavy atom. The molecular formula is C14H11Cl2N3S. The largest absolute Gasteiger partial charge is 0.378 e. The van der Waals surface area contributed by atoms with Crippen LogP contribution in [0.15, 0.2) is 30.3 Å². The summed E-state index contributed by atoms with van der Waals surface area (Å²) in [7, 11) is 0. The molecule has 0 spiro atoms. The average molecular weight is 324 g/mol. The van der Waals surface area contributed by atoms with Crippen molar-refractivity contribution in [2.24, 2.45) is 0 Å². The van der Waals surface area contributed by atoms with Crippen molar-refractivity contribution >= 4 is 51.7 Å². The number of hydrogen-bond acceptors (Lipinski definition) is 4. The summed E-state index contributed by atoms with van der Waals surface area (Å²) in [5, 5.41) is 4.69. The van der Waals surface area contributed by atoms with Gasteiger partial charge in [0.25, 0.3) is 0 Å². The first-order chi connectivity index (χ1) is 9.65. The lowest BCUT2D eigenvalue weighted by Gasteiger charge is -2.10. The van der Waals surface area contributed by atoms with Crippen molar-refractivity contribution < 1.29 is 0 Å². The summed E-state index contributed by atoms with van der Waals surface area (Å²) in [4.78, 5) is 0. The topological polar surface area (TPSA) is 37.8 Å². The number of nitrogens with one attached hydrogen (secondary N) is 1. The third-order valence-corrected chi connectivity index (χ3v) is 4.25. The van der Waals surface area contributed by atoms with Crippen molar-refractivity contribution in [1.29, 1.82) is 0 Å². The Morgan fingerprint density at radius 1 is 1.10 bits per heavy atom. The maximum absolute atomic E-state index is 6.23. The van der Waals surface area contributed by atoms with Crippen LogP contribution in [-0.4, -0.2) is 8.75 Å². The van der Waals surface area contributed by atoms with E-state index in [9.17, 15) is 0 Å². The second-order valence-electron chi connectivity index (χ2n) is 4.50. The van der Waals surface area contributed by atoms with E-state index < -0.39 is 0 Å². The van der Waals surface area contributed by atoms with E-state index in [1.807, 2.05) is 37.3 Å². The van der Waals surface area contributed by atoms with Crippen molar-refractivity contribution in [2.45, 2.75) is 13.5 Å². The summed E-state index contributed by atoms with van der Waals surface area (Å²) in [5.41, 5.74) is 4.60. The lowest BCUT2D eigenvalue weighted by Crippen LogP contribution is -2.01. The molecule has 0 aliphatic rings. The quantitative estimate of drug-likeness (QED) is 0.743. The standard InChI is InChI=1S/C14H11Cl2N3S/c1-8-2-3-9(11(16)6-8)7-17-13-10(15)4-5-12-14(13)19-20-18-12/h2-6,17H,7H2,1H3. The first-order valence-electron chi connectivity index (χ1n) is 6.05. The molecule has 0 bridgehead atoms. The van der Waals surface area contributed by atoms with Crippen LogP contribution < -0.4 is 5.32 Å². The molecule has 0 saturated heterocycles. The van der Waals surface area contributed by atoms with Gasteiger partial charge >= 0.3 is 0 Å². The van der Waals surface area contributed by atoms with Crippen LogP contribution in [-0.2, 0) is 6.54 Å². The molecule has 3 aromatic rings. The Morgan fingerprint density at radius 3 is 2.75 bits per heavy atom. The highest BCUT2D eigenvalue weighted by atomic mass is 35.5. The SMILES string of the molecule is Cc1ccc(CNc2c(Cl)ccc3nsnc23)c(Cl)c1. The number of aromatic nitrogens is 2. The van der Waals surface area contributed by atoms with Crippen molar-refractivity contribution in [3.05, 3.63) is 51.5 Å². The van der Waals surface area contributed by atoms with Gasteiger partial charge in [-0.05, 0) is 36.2 Å². The molecule has 2 aromatic carbocycles. The molecule has 0 saturated carbocycles. The molecule has 3 nitrogen and oxygen atoms in total. The van der Waals surface area contributed by atoms with Crippen LogP contribution in [0.2, 0.25) is 10.0 Å². The highest BCUT2D eigenvalue weighted by Crippen LogP contribution is 2.30. The second-order valence-corrected chi connectivity index (χ2v) is 5.85. The smallest absolute Gasteiger partial charge is 0.129 e. The minimum Gasteiger partial charge on any atom is -0.378 e. The highest BCUT2D eigenvalue weighted by Gasteiger charge is 2.10. The molecule has 3 rings (SSSR count).